The van der Waals surface area contributed by atoms with Crippen molar-refractivity contribution in [3.8, 4) is 0 Å². The van der Waals surface area contributed by atoms with Crippen LogP contribution < -0.4 is 11.1 Å². The van der Waals surface area contributed by atoms with Crippen molar-refractivity contribution in [1.82, 2.24) is 4.98 Å². The molecule has 0 aromatic carbocycles. The van der Waals surface area contributed by atoms with Crippen molar-refractivity contribution in [2.75, 3.05) is 17.7 Å². The number of hydrogen-bond acceptors (Lipinski definition) is 5. The largest absolute Gasteiger partial charge is 0.462 e. The molecule has 1 aliphatic rings. The van der Waals surface area contributed by atoms with E-state index in [9.17, 15) is 4.79 Å². The number of carbonyl (C=O) groups is 1. The van der Waals surface area contributed by atoms with Gasteiger partial charge in [-0.1, -0.05) is 0 Å². The van der Waals surface area contributed by atoms with Gasteiger partial charge < -0.3 is 15.8 Å². The van der Waals surface area contributed by atoms with Crippen molar-refractivity contribution >= 4 is 17.5 Å². The summed E-state index contributed by atoms with van der Waals surface area (Å²) in [5.41, 5.74) is 6.54. The highest BCUT2D eigenvalue weighted by Gasteiger charge is 2.37. The molecule has 0 amide bonds. The Morgan fingerprint density at radius 1 is 1.65 bits per heavy atom. The third-order valence-corrected chi connectivity index (χ3v) is 2.86. The second kappa shape index (κ2) is 4.24. The molecule has 2 rings (SSSR count). The normalized spacial score (nSPS) is 16.4. The minimum Gasteiger partial charge on any atom is -0.462 e. The number of hydrogen-bond donors (Lipinski definition) is 2. The number of carbonyl (C=O) groups excluding carboxylic acids is 1. The number of esters is 1. The van der Waals surface area contributed by atoms with Crippen LogP contribution in [0.15, 0.2) is 12.3 Å². The van der Waals surface area contributed by atoms with Crippen molar-refractivity contribution in [2.24, 2.45) is 0 Å². The summed E-state index contributed by atoms with van der Waals surface area (Å²) in [6.07, 6.45) is 3.72. The lowest BCUT2D eigenvalue weighted by molar-refractivity contribution is 0.0527. The van der Waals surface area contributed by atoms with Gasteiger partial charge in [-0.2, -0.15) is 0 Å². The van der Waals surface area contributed by atoms with E-state index in [2.05, 4.69) is 17.2 Å². The number of nitrogens with zero attached hydrogens (tertiary/aromatic N) is 1. The Morgan fingerprint density at radius 2 is 2.35 bits per heavy atom. The number of rotatable bonds is 4. The first-order chi connectivity index (χ1) is 8.04. The van der Waals surface area contributed by atoms with Gasteiger partial charge in [0.2, 0.25) is 0 Å². The van der Waals surface area contributed by atoms with Gasteiger partial charge in [-0.25, -0.2) is 9.78 Å². The molecule has 0 bridgehead atoms. The maximum absolute atomic E-state index is 11.6. The fourth-order valence-corrected chi connectivity index (χ4v) is 1.54. The summed E-state index contributed by atoms with van der Waals surface area (Å²) in [7, 11) is 0. The second-order valence-electron chi connectivity index (χ2n) is 4.56. The third-order valence-electron chi connectivity index (χ3n) is 2.86. The predicted molar refractivity (Wildman–Crippen MR) is 65.9 cm³/mol. The molecule has 0 saturated heterocycles. The molecule has 5 heteroatoms. The van der Waals surface area contributed by atoms with Crippen LogP contribution in [0.5, 0.6) is 0 Å². The molecule has 3 N–H and O–H groups in total. The van der Waals surface area contributed by atoms with Gasteiger partial charge >= 0.3 is 5.97 Å². The van der Waals surface area contributed by atoms with E-state index in [0.717, 1.165) is 12.8 Å². The highest BCUT2D eigenvalue weighted by Crippen LogP contribution is 2.37. The Labute approximate surface area is 100 Å². The van der Waals surface area contributed by atoms with Crippen molar-refractivity contribution in [1.29, 1.82) is 0 Å². The number of nitrogens with one attached hydrogen (secondary N) is 1. The van der Waals surface area contributed by atoms with E-state index in [1.165, 1.54) is 6.20 Å². The monoisotopic (exact) mass is 235 g/mol. The molecule has 1 heterocycles. The van der Waals surface area contributed by atoms with E-state index in [4.69, 9.17) is 10.5 Å². The molecule has 1 aromatic rings. The van der Waals surface area contributed by atoms with Crippen LogP contribution in [0, 0.1) is 0 Å². The zero-order valence-electron chi connectivity index (χ0n) is 10.1. The van der Waals surface area contributed by atoms with Crippen molar-refractivity contribution < 1.29 is 9.53 Å². The second-order valence-corrected chi connectivity index (χ2v) is 4.56. The summed E-state index contributed by atoms with van der Waals surface area (Å²) in [6, 6.07) is 1.65. The van der Waals surface area contributed by atoms with Gasteiger partial charge in [-0.3, -0.25) is 0 Å². The first-order valence-corrected chi connectivity index (χ1v) is 5.75. The van der Waals surface area contributed by atoms with Crippen LogP contribution in [0.25, 0.3) is 0 Å². The van der Waals surface area contributed by atoms with Gasteiger partial charge in [0.1, 0.15) is 5.82 Å². The minimum absolute atomic E-state index is 0.120. The first-order valence-electron chi connectivity index (χ1n) is 5.75. The fourth-order valence-electron chi connectivity index (χ4n) is 1.54. The van der Waals surface area contributed by atoms with Crippen molar-refractivity contribution in [2.45, 2.75) is 32.2 Å². The van der Waals surface area contributed by atoms with E-state index in [-0.39, 0.29) is 5.54 Å². The first kappa shape index (κ1) is 11.7. The van der Waals surface area contributed by atoms with Crippen LogP contribution >= 0.6 is 0 Å². The van der Waals surface area contributed by atoms with Gasteiger partial charge in [0.15, 0.2) is 0 Å². The van der Waals surface area contributed by atoms with E-state index in [1.54, 1.807) is 13.0 Å². The Morgan fingerprint density at radius 3 is 2.94 bits per heavy atom. The van der Waals surface area contributed by atoms with E-state index >= 15 is 0 Å². The zero-order chi connectivity index (χ0) is 12.5. The quantitative estimate of drug-likeness (QED) is 0.778. The van der Waals surface area contributed by atoms with Crippen LogP contribution in [0.4, 0.5) is 11.5 Å². The van der Waals surface area contributed by atoms with Crippen LogP contribution in [-0.2, 0) is 4.74 Å². The Kier molecular flexibility index (Phi) is 2.92. The topological polar surface area (TPSA) is 77.2 Å². The SMILES string of the molecule is CCOC(=O)c1cc(NC2(C)CC2)ncc1N. The average Bonchev–Trinajstić information content (AvgIpc) is 2.99. The maximum atomic E-state index is 11.6. The molecule has 0 atom stereocenters. The number of aromatic nitrogens is 1. The summed E-state index contributed by atoms with van der Waals surface area (Å²) in [5.74, 6) is 0.263. The molecular formula is C12H17N3O2. The summed E-state index contributed by atoms with van der Waals surface area (Å²) in [6.45, 7) is 4.22. The standard InChI is InChI=1S/C12H17N3O2/c1-3-17-11(16)8-6-10(14-7-9(8)13)15-12(2)4-5-12/h6-7H,3-5,13H2,1-2H3,(H,14,15). The molecule has 92 valence electrons. The van der Waals surface area contributed by atoms with Gasteiger partial charge in [-0.15, -0.1) is 0 Å². The smallest absolute Gasteiger partial charge is 0.340 e. The molecule has 0 radical (unpaired) electrons. The van der Waals surface area contributed by atoms with Crippen molar-refractivity contribution in [3.63, 3.8) is 0 Å². The number of pyridine rings is 1. The van der Waals surface area contributed by atoms with Gasteiger partial charge in [0, 0.05) is 5.54 Å². The van der Waals surface area contributed by atoms with E-state index < -0.39 is 5.97 Å². The van der Waals surface area contributed by atoms with E-state index in [0.29, 0.717) is 23.7 Å². The van der Waals surface area contributed by atoms with Gasteiger partial charge in [0.05, 0.1) is 24.1 Å². The number of nitrogens with two attached hydrogens (primary N) is 1. The summed E-state index contributed by atoms with van der Waals surface area (Å²) in [4.78, 5) is 15.8. The summed E-state index contributed by atoms with van der Waals surface area (Å²) < 4.78 is 4.94. The highest BCUT2D eigenvalue weighted by atomic mass is 16.5. The number of nitrogen functional groups attached to an aromatic ring is 1. The third kappa shape index (κ3) is 2.67. The number of ether oxygens (including phenoxy) is 1. The highest BCUT2D eigenvalue weighted by molar-refractivity contribution is 5.95. The lowest BCUT2D eigenvalue weighted by Crippen LogP contribution is -2.18. The fraction of sp³-hybridized carbons (Fsp3) is 0.500. The van der Waals surface area contributed by atoms with Crippen molar-refractivity contribution in [3.05, 3.63) is 17.8 Å². The molecule has 17 heavy (non-hydrogen) atoms. The summed E-state index contributed by atoms with van der Waals surface area (Å²) in [5, 5.41) is 3.28. The van der Waals surface area contributed by atoms with Crippen LogP contribution in [0.2, 0.25) is 0 Å². The average molecular weight is 235 g/mol. The van der Waals surface area contributed by atoms with Crippen LogP contribution in [0.3, 0.4) is 0 Å². The Bertz CT molecular complexity index is 441. The van der Waals surface area contributed by atoms with Crippen LogP contribution in [0.1, 0.15) is 37.0 Å². The molecule has 1 aromatic heterocycles. The lowest BCUT2D eigenvalue weighted by Gasteiger charge is -2.13. The van der Waals surface area contributed by atoms with E-state index in [1.807, 2.05) is 0 Å². The minimum atomic E-state index is -0.406. The maximum Gasteiger partial charge on any atom is 0.340 e. The molecule has 1 fully saturated rings. The van der Waals surface area contributed by atoms with Crippen LogP contribution in [-0.4, -0.2) is 23.1 Å². The molecule has 0 spiro atoms. The molecule has 0 unspecified atom stereocenters. The predicted octanol–water partition coefficient (Wildman–Crippen LogP) is 1.80. The molecule has 5 nitrogen and oxygen atoms in total. The zero-order valence-corrected chi connectivity index (χ0v) is 10.1. The molecule has 0 aliphatic heterocycles. The molecule has 1 aliphatic carbocycles. The van der Waals surface area contributed by atoms with Gasteiger partial charge in [-0.05, 0) is 32.8 Å². The number of anilines is 2. The summed E-state index contributed by atoms with van der Waals surface area (Å²) >= 11 is 0. The molecule has 1 saturated carbocycles. The van der Waals surface area contributed by atoms with Gasteiger partial charge in [0.25, 0.3) is 0 Å². The Hall–Kier alpha value is -1.78. The lowest BCUT2D eigenvalue weighted by atomic mass is 10.2. The molecular weight excluding hydrogens is 218 g/mol. The Balaban J connectivity index is 2.19.